The summed E-state index contributed by atoms with van der Waals surface area (Å²) in [5, 5.41) is 8.71. The average molecular weight is 267 g/mol. The summed E-state index contributed by atoms with van der Waals surface area (Å²) in [5.74, 6) is 2.16. The summed E-state index contributed by atoms with van der Waals surface area (Å²) >= 11 is 0. The molecule has 1 saturated heterocycles. The fraction of sp³-hybridized carbons (Fsp3) is 0.733. The molecular formula is C15H25NO3. The van der Waals surface area contributed by atoms with Crippen LogP contribution in [0.1, 0.15) is 43.7 Å². The van der Waals surface area contributed by atoms with Gasteiger partial charge in [0.15, 0.2) is 0 Å². The first kappa shape index (κ1) is 14.6. The normalized spacial score (nSPS) is 20.8. The fourth-order valence-corrected chi connectivity index (χ4v) is 2.69. The third-order valence-electron chi connectivity index (χ3n) is 3.73. The molecule has 0 aliphatic carbocycles. The van der Waals surface area contributed by atoms with Crippen LogP contribution in [0.15, 0.2) is 16.5 Å². The van der Waals surface area contributed by atoms with Gasteiger partial charge in [-0.2, -0.15) is 0 Å². The number of piperidine rings is 1. The number of hydrogen-bond acceptors (Lipinski definition) is 4. The van der Waals surface area contributed by atoms with Crippen molar-refractivity contribution in [2.24, 2.45) is 0 Å². The van der Waals surface area contributed by atoms with E-state index in [4.69, 9.17) is 14.3 Å². The predicted octanol–water partition coefficient (Wildman–Crippen LogP) is 2.38. The first-order valence-electron chi connectivity index (χ1n) is 7.36. The van der Waals surface area contributed by atoms with E-state index in [1.807, 2.05) is 0 Å². The largest absolute Gasteiger partial charge is 0.464 e. The molecule has 0 aromatic carbocycles. The molecule has 1 aliphatic heterocycles. The van der Waals surface area contributed by atoms with E-state index in [1.165, 1.54) is 12.8 Å². The fourth-order valence-electron chi connectivity index (χ4n) is 2.69. The second kappa shape index (κ2) is 7.68. The number of rotatable bonds is 7. The third kappa shape index (κ3) is 4.06. The highest BCUT2D eigenvalue weighted by molar-refractivity contribution is 5.11. The van der Waals surface area contributed by atoms with Crippen LogP contribution in [0, 0.1) is 0 Å². The zero-order chi connectivity index (χ0) is 13.5. The number of furan rings is 1. The molecule has 2 heterocycles. The minimum Gasteiger partial charge on any atom is -0.464 e. The molecule has 0 amide bonds. The summed E-state index contributed by atoms with van der Waals surface area (Å²) in [4.78, 5) is 2.44. The van der Waals surface area contributed by atoms with E-state index in [0.717, 1.165) is 37.5 Å². The van der Waals surface area contributed by atoms with E-state index in [-0.39, 0.29) is 6.61 Å². The maximum atomic E-state index is 8.71. The van der Waals surface area contributed by atoms with E-state index < -0.39 is 0 Å². The molecule has 1 fully saturated rings. The van der Waals surface area contributed by atoms with Crippen molar-refractivity contribution in [1.82, 2.24) is 4.90 Å². The number of likely N-dealkylation sites (tertiary alicyclic amines) is 1. The molecule has 0 spiro atoms. The zero-order valence-electron chi connectivity index (χ0n) is 11.8. The Balaban J connectivity index is 1.91. The number of aryl methyl sites for hydroxylation is 1. The number of nitrogens with zero attached hydrogens (tertiary/aromatic N) is 1. The lowest BCUT2D eigenvalue weighted by Gasteiger charge is -2.34. The van der Waals surface area contributed by atoms with E-state index in [9.17, 15) is 0 Å². The Morgan fingerprint density at radius 3 is 3.00 bits per heavy atom. The number of aliphatic hydroxyl groups excluding tert-OH is 1. The van der Waals surface area contributed by atoms with Crippen molar-refractivity contribution in [2.45, 2.75) is 38.6 Å². The quantitative estimate of drug-likeness (QED) is 0.770. The molecule has 2 rings (SSSR count). The Bertz CT molecular complexity index is 364. The van der Waals surface area contributed by atoms with Gasteiger partial charge in [-0.15, -0.1) is 0 Å². The van der Waals surface area contributed by atoms with Crippen LogP contribution in [-0.4, -0.2) is 42.9 Å². The number of ether oxygens (including phenoxy) is 1. The van der Waals surface area contributed by atoms with Crippen LogP contribution in [0.4, 0.5) is 0 Å². The van der Waals surface area contributed by atoms with Gasteiger partial charge in [-0.3, -0.25) is 4.90 Å². The standard InChI is InChI=1S/C15H25NO3/c1-2-13-6-7-15(19-13)14-5-3-4-8-16(14)9-11-18-12-10-17/h6-7,14,17H,2-5,8-12H2,1H3. The zero-order valence-corrected chi connectivity index (χ0v) is 11.8. The van der Waals surface area contributed by atoms with Crippen molar-refractivity contribution in [3.8, 4) is 0 Å². The highest BCUT2D eigenvalue weighted by Gasteiger charge is 2.26. The lowest BCUT2D eigenvalue weighted by molar-refractivity contribution is 0.0484. The first-order valence-corrected chi connectivity index (χ1v) is 7.36. The Kier molecular flexibility index (Phi) is 5.89. The predicted molar refractivity (Wildman–Crippen MR) is 74.2 cm³/mol. The second-order valence-corrected chi connectivity index (χ2v) is 5.04. The van der Waals surface area contributed by atoms with Gasteiger partial charge in [-0.25, -0.2) is 0 Å². The lowest BCUT2D eigenvalue weighted by Crippen LogP contribution is -2.35. The molecule has 4 nitrogen and oxygen atoms in total. The highest BCUT2D eigenvalue weighted by Crippen LogP contribution is 2.31. The average Bonchev–Trinajstić information content (AvgIpc) is 2.93. The molecule has 19 heavy (non-hydrogen) atoms. The topological polar surface area (TPSA) is 45.8 Å². The molecule has 1 aromatic heterocycles. The van der Waals surface area contributed by atoms with Crippen LogP contribution in [0.25, 0.3) is 0 Å². The molecule has 0 radical (unpaired) electrons. The molecular weight excluding hydrogens is 242 g/mol. The molecule has 1 aliphatic rings. The smallest absolute Gasteiger partial charge is 0.121 e. The first-order chi connectivity index (χ1) is 9.35. The van der Waals surface area contributed by atoms with Crippen LogP contribution in [-0.2, 0) is 11.2 Å². The van der Waals surface area contributed by atoms with Gasteiger partial charge in [0.25, 0.3) is 0 Å². The lowest BCUT2D eigenvalue weighted by atomic mass is 10.0. The van der Waals surface area contributed by atoms with Crippen LogP contribution >= 0.6 is 0 Å². The molecule has 4 heteroatoms. The maximum Gasteiger partial charge on any atom is 0.121 e. The SMILES string of the molecule is CCc1ccc(C2CCCCN2CCOCCO)o1. The van der Waals surface area contributed by atoms with Gasteiger partial charge in [-0.1, -0.05) is 13.3 Å². The van der Waals surface area contributed by atoms with Gasteiger partial charge < -0.3 is 14.3 Å². The Morgan fingerprint density at radius 2 is 2.26 bits per heavy atom. The molecule has 0 bridgehead atoms. The van der Waals surface area contributed by atoms with Crippen LogP contribution in [0.3, 0.4) is 0 Å². The van der Waals surface area contributed by atoms with Crippen LogP contribution < -0.4 is 0 Å². The van der Waals surface area contributed by atoms with E-state index in [1.54, 1.807) is 0 Å². The Labute approximate surface area is 115 Å². The summed E-state index contributed by atoms with van der Waals surface area (Å²) in [6.07, 6.45) is 4.63. The maximum absolute atomic E-state index is 8.71. The van der Waals surface area contributed by atoms with Gasteiger partial charge in [0.1, 0.15) is 11.5 Å². The molecule has 1 unspecified atom stereocenters. The van der Waals surface area contributed by atoms with Crippen LogP contribution in [0.2, 0.25) is 0 Å². The van der Waals surface area contributed by atoms with Crippen molar-refractivity contribution < 1.29 is 14.3 Å². The van der Waals surface area contributed by atoms with E-state index in [0.29, 0.717) is 19.3 Å². The van der Waals surface area contributed by atoms with Crippen molar-refractivity contribution in [1.29, 1.82) is 0 Å². The summed E-state index contributed by atoms with van der Waals surface area (Å²) in [7, 11) is 0. The summed E-state index contributed by atoms with van der Waals surface area (Å²) in [6, 6.07) is 4.60. The highest BCUT2D eigenvalue weighted by atomic mass is 16.5. The number of hydrogen-bond donors (Lipinski definition) is 1. The third-order valence-corrected chi connectivity index (χ3v) is 3.73. The molecule has 1 N–H and O–H groups in total. The van der Waals surface area contributed by atoms with Crippen molar-refractivity contribution in [3.05, 3.63) is 23.7 Å². The Morgan fingerprint density at radius 1 is 1.37 bits per heavy atom. The van der Waals surface area contributed by atoms with Gasteiger partial charge >= 0.3 is 0 Å². The minimum absolute atomic E-state index is 0.0987. The van der Waals surface area contributed by atoms with Crippen molar-refractivity contribution in [2.75, 3.05) is 32.9 Å². The number of aliphatic hydroxyl groups is 1. The van der Waals surface area contributed by atoms with E-state index in [2.05, 4.69) is 24.0 Å². The monoisotopic (exact) mass is 267 g/mol. The summed E-state index contributed by atoms with van der Waals surface area (Å²) in [5.41, 5.74) is 0. The summed E-state index contributed by atoms with van der Waals surface area (Å²) < 4.78 is 11.3. The van der Waals surface area contributed by atoms with Gasteiger partial charge in [0, 0.05) is 13.0 Å². The van der Waals surface area contributed by atoms with Gasteiger partial charge in [0.2, 0.25) is 0 Å². The molecule has 0 saturated carbocycles. The van der Waals surface area contributed by atoms with Gasteiger partial charge in [0.05, 0.1) is 25.9 Å². The van der Waals surface area contributed by atoms with Crippen molar-refractivity contribution in [3.63, 3.8) is 0 Å². The molecule has 1 atom stereocenters. The molecule has 108 valence electrons. The molecule has 1 aromatic rings. The summed E-state index contributed by atoms with van der Waals surface area (Å²) in [6.45, 7) is 5.34. The Hall–Kier alpha value is -0.840. The van der Waals surface area contributed by atoms with E-state index >= 15 is 0 Å². The van der Waals surface area contributed by atoms with Crippen LogP contribution in [0.5, 0.6) is 0 Å². The van der Waals surface area contributed by atoms with Crippen molar-refractivity contribution >= 4 is 0 Å². The second-order valence-electron chi connectivity index (χ2n) is 5.04. The minimum atomic E-state index is 0.0987. The van der Waals surface area contributed by atoms with Gasteiger partial charge in [-0.05, 0) is 31.5 Å².